The summed E-state index contributed by atoms with van der Waals surface area (Å²) in [6.45, 7) is 0. The fourth-order valence-corrected chi connectivity index (χ4v) is 0.421. The van der Waals surface area contributed by atoms with Crippen LogP contribution in [0.1, 0.15) is 12.8 Å². The highest BCUT2D eigenvalue weighted by Gasteiger charge is 2.11. The number of carbonyl (C=O) groups is 2. The average molecular weight is 162 g/mol. The molecule has 5 N–H and O–H groups in total. The van der Waals surface area contributed by atoms with Crippen LogP contribution in [0.4, 0.5) is 0 Å². The molecule has 0 aromatic heterocycles. The van der Waals surface area contributed by atoms with Gasteiger partial charge in [-0.2, -0.15) is 0 Å². The number of nitrogens with two attached hydrogens (primary N) is 2. The van der Waals surface area contributed by atoms with Gasteiger partial charge < -0.3 is 16.6 Å². The minimum absolute atomic E-state index is 0. The van der Waals surface area contributed by atoms with Gasteiger partial charge in [-0.05, 0) is 6.42 Å². The van der Waals surface area contributed by atoms with Crippen molar-refractivity contribution in [2.24, 2.45) is 11.5 Å². The lowest BCUT2D eigenvalue weighted by molar-refractivity contribution is -0.138. The van der Waals surface area contributed by atoms with Crippen LogP contribution in [-0.2, 0) is 15.1 Å². The Balaban J connectivity index is 0. The van der Waals surface area contributed by atoms with Gasteiger partial charge in [0.25, 0.3) is 0 Å². The zero-order chi connectivity index (χ0) is 8.15. The molecule has 0 aliphatic carbocycles. The predicted molar refractivity (Wildman–Crippen MR) is 34.7 cm³/mol. The van der Waals surface area contributed by atoms with Crippen molar-refractivity contribution >= 4 is 11.9 Å². The van der Waals surface area contributed by atoms with Crippen molar-refractivity contribution in [3.05, 3.63) is 0 Å². The number of aliphatic carboxylic acids is 1. The van der Waals surface area contributed by atoms with Crippen molar-refractivity contribution in [3.63, 3.8) is 0 Å². The molecule has 0 aliphatic rings. The second kappa shape index (κ2) is 5.63. The van der Waals surface area contributed by atoms with Crippen LogP contribution >= 0.6 is 0 Å². The van der Waals surface area contributed by atoms with Gasteiger partial charge in [0.2, 0.25) is 5.91 Å². The second-order valence-electron chi connectivity index (χ2n) is 1.95. The molecule has 0 rings (SSSR count). The van der Waals surface area contributed by atoms with E-state index in [1.165, 1.54) is 0 Å². The Kier molecular flexibility index (Phi) is 6.41. The van der Waals surface area contributed by atoms with Crippen LogP contribution in [0, 0.1) is 0 Å². The van der Waals surface area contributed by atoms with Crippen LogP contribution in [0.5, 0.6) is 0 Å². The van der Waals surface area contributed by atoms with E-state index in [0.29, 0.717) is 0 Å². The fourth-order valence-electron chi connectivity index (χ4n) is 0.421. The molecule has 0 unspecified atom stereocenters. The molecule has 6 nitrogen and oxygen atoms in total. The standard InChI is InChI=1S/C5H10N2O3.O/c6-3(5(9)10)1-2-4(7)8;/h3H,1-2,6H2,(H2,7,8)(H,9,10);/t3-;/m0./s1. The Morgan fingerprint density at radius 2 is 1.91 bits per heavy atom. The predicted octanol–water partition coefficient (Wildman–Crippen LogP) is -1.45. The number of hydrogen-bond donors (Lipinski definition) is 3. The average Bonchev–Trinajstić information content (AvgIpc) is 1.82. The molecule has 2 radical (unpaired) electrons. The van der Waals surface area contributed by atoms with Gasteiger partial charge in [-0.1, -0.05) is 0 Å². The van der Waals surface area contributed by atoms with E-state index in [4.69, 9.17) is 16.6 Å². The number of carboxylic acids is 1. The molecule has 0 bridgehead atoms. The number of hydrogen-bond acceptors (Lipinski definition) is 3. The smallest absolute Gasteiger partial charge is 0.320 e. The summed E-state index contributed by atoms with van der Waals surface area (Å²) in [5, 5.41) is 8.22. The lowest BCUT2D eigenvalue weighted by Crippen LogP contribution is -2.31. The van der Waals surface area contributed by atoms with Gasteiger partial charge in [0.05, 0.1) is 0 Å². The molecule has 0 saturated carbocycles. The van der Waals surface area contributed by atoms with Crippen LogP contribution in [0.15, 0.2) is 0 Å². The summed E-state index contributed by atoms with van der Waals surface area (Å²) in [6.07, 6.45) is 0.123. The Morgan fingerprint density at radius 1 is 1.45 bits per heavy atom. The van der Waals surface area contributed by atoms with Crippen LogP contribution < -0.4 is 11.5 Å². The Labute approximate surface area is 63.5 Å². The van der Waals surface area contributed by atoms with Gasteiger partial charge in [0.1, 0.15) is 6.04 Å². The number of primary amides is 1. The first-order chi connectivity index (χ1) is 4.54. The molecule has 1 amide bonds. The van der Waals surface area contributed by atoms with E-state index in [9.17, 15) is 9.59 Å². The summed E-state index contributed by atoms with van der Waals surface area (Å²) in [5.74, 6) is -1.64. The molecule has 0 aromatic rings. The summed E-state index contributed by atoms with van der Waals surface area (Å²) in [6, 6.07) is -0.979. The van der Waals surface area contributed by atoms with E-state index in [2.05, 4.69) is 0 Å². The highest BCUT2D eigenvalue weighted by Crippen LogP contribution is 1.92. The molecule has 6 heteroatoms. The molecular formula is C5H10N2O4. The molecule has 0 saturated heterocycles. The van der Waals surface area contributed by atoms with E-state index < -0.39 is 17.9 Å². The maximum absolute atomic E-state index is 10.1. The fraction of sp³-hybridized carbons (Fsp3) is 0.600. The normalized spacial score (nSPS) is 11.4. The van der Waals surface area contributed by atoms with Crippen molar-refractivity contribution in [2.75, 3.05) is 0 Å². The first-order valence-corrected chi connectivity index (χ1v) is 2.80. The van der Waals surface area contributed by atoms with Gasteiger partial charge in [-0.25, -0.2) is 0 Å². The second-order valence-corrected chi connectivity index (χ2v) is 1.95. The highest BCUT2D eigenvalue weighted by molar-refractivity contribution is 5.76. The van der Waals surface area contributed by atoms with Gasteiger partial charge in [0.15, 0.2) is 0 Å². The first-order valence-electron chi connectivity index (χ1n) is 2.80. The molecule has 64 valence electrons. The van der Waals surface area contributed by atoms with Crippen molar-refractivity contribution in [2.45, 2.75) is 18.9 Å². The largest absolute Gasteiger partial charge is 0.480 e. The minimum Gasteiger partial charge on any atom is -0.480 e. The molecule has 0 heterocycles. The number of rotatable bonds is 4. The SMILES string of the molecule is NC(=O)CC[C@H](N)C(=O)O.[O]. The maximum atomic E-state index is 10.1. The third-order valence-corrected chi connectivity index (χ3v) is 1.02. The van der Waals surface area contributed by atoms with Crippen molar-refractivity contribution in [1.82, 2.24) is 0 Å². The monoisotopic (exact) mass is 162 g/mol. The van der Waals surface area contributed by atoms with Gasteiger partial charge in [-0.15, -0.1) is 0 Å². The maximum Gasteiger partial charge on any atom is 0.320 e. The van der Waals surface area contributed by atoms with Gasteiger partial charge in [-0.3, -0.25) is 9.59 Å². The zero-order valence-corrected chi connectivity index (χ0v) is 5.82. The summed E-state index contributed by atoms with van der Waals surface area (Å²) in [5.41, 5.74) is 9.81. The van der Waals surface area contributed by atoms with E-state index in [0.717, 1.165) is 0 Å². The van der Waals surface area contributed by atoms with E-state index in [1.54, 1.807) is 0 Å². The first kappa shape index (κ1) is 12.5. The topological polar surface area (TPSA) is 135 Å². The van der Waals surface area contributed by atoms with Crippen LogP contribution in [0.2, 0.25) is 0 Å². The molecule has 11 heavy (non-hydrogen) atoms. The highest BCUT2D eigenvalue weighted by atomic mass is 16.4. The number of amides is 1. The van der Waals surface area contributed by atoms with Crippen LogP contribution in [-0.4, -0.2) is 23.0 Å². The van der Waals surface area contributed by atoms with Crippen LogP contribution in [0.25, 0.3) is 0 Å². The Morgan fingerprint density at radius 3 is 2.18 bits per heavy atom. The van der Waals surface area contributed by atoms with E-state index in [1.807, 2.05) is 0 Å². The Hall–Kier alpha value is -1.14. The van der Waals surface area contributed by atoms with Crippen molar-refractivity contribution in [3.8, 4) is 0 Å². The molecular weight excluding hydrogens is 152 g/mol. The number of carbonyl (C=O) groups excluding carboxylic acids is 1. The molecule has 0 aliphatic heterocycles. The zero-order valence-electron chi connectivity index (χ0n) is 5.82. The van der Waals surface area contributed by atoms with Crippen molar-refractivity contribution < 1.29 is 20.2 Å². The molecule has 0 spiro atoms. The van der Waals surface area contributed by atoms with E-state index in [-0.39, 0.29) is 18.3 Å². The lowest BCUT2D eigenvalue weighted by Gasteiger charge is -2.01. The molecule has 1 atom stereocenters. The summed E-state index contributed by atoms with van der Waals surface area (Å²) >= 11 is 0. The van der Waals surface area contributed by atoms with Crippen LogP contribution in [0.3, 0.4) is 0 Å². The summed E-state index contributed by atoms with van der Waals surface area (Å²) in [4.78, 5) is 20.1. The quantitative estimate of drug-likeness (QED) is 0.465. The minimum atomic E-state index is -1.11. The summed E-state index contributed by atoms with van der Waals surface area (Å²) < 4.78 is 0. The van der Waals surface area contributed by atoms with E-state index >= 15 is 0 Å². The van der Waals surface area contributed by atoms with Gasteiger partial charge in [0, 0.05) is 11.9 Å². The summed E-state index contributed by atoms with van der Waals surface area (Å²) in [7, 11) is 0. The van der Waals surface area contributed by atoms with Gasteiger partial charge >= 0.3 is 5.97 Å². The molecule has 0 aromatic carbocycles. The third kappa shape index (κ3) is 6.75. The lowest BCUT2D eigenvalue weighted by atomic mass is 10.2. The van der Waals surface area contributed by atoms with Crippen molar-refractivity contribution in [1.29, 1.82) is 0 Å². The third-order valence-electron chi connectivity index (χ3n) is 1.02. The number of carboxylic acid groups (broad SMARTS) is 1. The Bertz CT molecular complexity index is 147. The molecule has 0 fully saturated rings.